The molecule has 0 amide bonds. The van der Waals surface area contributed by atoms with Crippen molar-refractivity contribution in [2.24, 2.45) is 5.73 Å². The van der Waals surface area contributed by atoms with Gasteiger partial charge in [-0.15, -0.1) is 0 Å². The van der Waals surface area contributed by atoms with Crippen LogP contribution in [0.25, 0.3) is 10.9 Å². The lowest BCUT2D eigenvalue weighted by molar-refractivity contribution is 0.215. The van der Waals surface area contributed by atoms with Crippen LogP contribution in [0.4, 0.5) is 0 Å². The summed E-state index contributed by atoms with van der Waals surface area (Å²) < 4.78 is 0. The summed E-state index contributed by atoms with van der Waals surface area (Å²) >= 11 is 0. The Morgan fingerprint density at radius 3 is 3.09 bits per heavy atom. The molecule has 0 bridgehead atoms. The molecule has 0 spiro atoms. The van der Waals surface area contributed by atoms with E-state index in [2.05, 4.69) is 41.6 Å². The highest BCUT2D eigenvalue weighted by molar-refractivity contribution is 5.88. The molecule has 0 radical (unpaired) electrons. The summed E-state index contributed by atoms with van der Waals surface area (Å²) in [6.07, 6.45) is 9.41. The van der Waals surface area contributed by atoms with E-state index in [0.717, 1.165) is 25.8 Å². The number of fused-ring (bicyclic) bond motifs is 2. The smallest absolute Gasteiger partial charge is 0.0459 e. The van der Waals surface area contributed by atoms with Gasteiger partial charge in [0.25, 0.3) is 0 Å². The highest BCUT2D eigenvalue weighted by Gasteiger charge is 2.41. The number of aromatic nitrogens is 1. The molecule has 118 valence electrons. The van der Waals surface area contributed by atoms with Crippen molar-refractivity contribution in [2.75, 3.05) is 6.54 Å². The summed E-state index contributed by atoms with van der Waals surface area (Å²) in [6.45, 7) is 3.22. The standard InChI is InChI=1S/C19H27N3/c1-2-3-4-8-19(20)10-15-14-6-5-7-16-18(14)13(11-21-16)9-17(15)22-12-19/h5-7,11,15,17,21-22H,2-4,8-10,12,20H2,1H3/t15-,17-,19?/m1/s1. The van der Waals surface area contributed by atoms with Crippen molar-refractivity contribution in [3.05, 3.63) is 35.5 Å². The third-order valence-electron chi connectivity index (χ3n) is 5.77. The van der Waals surface area contributed by atoms with Crippen molar-refractivity contribution in [2.45, 2.75) is 62.9 Å². The average Bonchev–Trinajstić information content (AvgIpc) is 2.93. The zero-order valence-corrected chi connectivity index (χ0v) is 13.5. The number of unbranched alkanes of at least 4 members (excludes halogenated alkanes) is 2. The second-order valence-corrected chi connectivity index (χ2v) is 7.41. The number of rotatable bonds is 4. The van der Waals surface area contributed by atoms with Crippen LogP contribution in [0.2, 0.25) is 0 Å². The molecule has 3 heteroatoms. The van der Waals surface area contributed by atoms with Gasteiger partial charge in [-0.25, -0.2) is 0 Å². The number of benzene rings is 1. The van der Waals surface area contributed by atoms with Crippen molar-refractivity contribution >= 4 is 10.9 Å². The molecule has 1 saturated heterocycles. The van der Waals surface area contributed by atoms with E-state index in [1.54, 1.807) is 0 Å². The van der Waals surface area contributed by atoms with Gasteiger partial charge in [0, 0.05) is 41.1 Å². The minimum Gasteiger partial charge on any atom is -0.361 e. The predicted octanol–water partition coefficient (Wildman–Crippen LogP) is 3.45. The first kappa shape index (κ1) is 14.3. The molecular weight excluding hydrogens is 270 g/mol. The first-order valence-corrected chi connectivity index (χ1v) is 8.81. The van der Waals surface area contributed by atoms with Gasteiger partial charge in [0.2, 0.25) is 0 Å². The number of hydrogen-bond acceptors (Lipinski definition) is 2. The summed E-state index contributed by atoms with van der Waals surface area (Å²) in [5, 5.41) is 5.23. The number of H-pyrrole nitrogens is 1. The Hall–Kier alpha value is -1.32. The summed E-state index contributed by atoms with van der Waals surface area (Å²) in [4.78, 5) is 3.43. The van der Waals surface area contributed by atoms with E-state index in [9.17, 15) is 0 Å². The van der Waals surface area contributed by atoms with Crippen LogP contribution in [0.5, 0.6) is 0 Å². The molecule has 1 aliphatic carbocycles. The molecule has 1 aliphatic heterocycles. The van der Waals surface area contributed by atoms with Crippen LogP contribution in [0.3, 0.4) is 0 Å². The number of nitrogens with two attached hydrogens (primary N) is 1. The molecule has 1 unspecified atom stereocenters. The lowest BCUT2D eigenvalue weighted by atomic mass is 9.70. The number of hydrogen-bond donors (Lipinski definition) is 3. The minimum absolute atomic E-state index is 0.0354. The van der Waals surface area contributed by atoms with E-state index >= 15 is 0 Å². The largest absolute Gasteiger partial charge is 0.361 e. The maximum atomic E-state index is 6.76. The van der Waals surface area contributed by atoms with E-state index in [1.165, 1.54) is 41.3 Å². The summed E-state index contributed by atoms with van der Waals surface area (Å²) in [5.74, 6) is 0.562. The van der Waals surface area contributed by atoms with Gasteiger partial charge >= 0.3 is 0 Å². The van der Waals surface area contributed by atoms with Gasteiger partial charge in [-0.05, 0) is 36.5 Å². The van der Waals surface area contributed by atoms with Crippen LogP contribution in [-0.2, 0) is 6.42 Å². The van der Waals surface area contributed by atoms with Crippen molar-refractivity contribution < 1.29 is 0 Å². The molecule has 2 heterocycles. The first-order chi connectivity index (χ1) is 10.7. The Morgan fingerprint density at radius 2 is 2.23 bits per heavy atom. The molecule has 22 heavy (non-hydrogen) atoms. The molecular formula is C19H27N3. The quantitative estimate of drug-likeness (QED) is 0.757. The van der Waals surface area contributed by atoms with Crippen molar-refractivity contribution in [3.8, 4) is 0 Å². The second kappa shape index (κ2) is 5.39. The number of aromatic amines is 1. The fourth-order valence-corrected chi connectivity index (χ4v) is 4.58. The maximum Gasteiger partial charge on any atom is 0.0459 e. The van der Waals surface area contributed by atoms with E-state index in [-0.39, 0.29) is 5.54 Å². The van der Waals surface area contributed by atoms with E-state index in [1.807, 2.05) is 0 Å². The van der Waals surface area contributed by atoms with Crippen LogP contribution >= 0.6 is 0 Å². The van der Waals surface area contributed by atoms with Crippen molar-refractivity contribution in [1.29, 1.82) is 0 Å². The third kappa shape index (κ3) is 2.27. The molecule has 1 fully saturated rings. The third-order valence-corrected chi connectivity index (χ3v) is 5.77. The molecule has 3 nitrogen and oxygen atoms in total. The predicted molar refractivity (Wildman–Crippen MR) is 92.2 cm³/mol. The average molecular weight is 297 g/mol. The zero-order valence-electron chi connectivity index (χ0n) is 13.5. The van der Waals surface area contributed by atoms with Crippen molar-refractivity contribution in [1.82, 2.24) is 10.3 Å². The molecule has 1 aromatic carbocycles. The van der Waals surface area contributed by atoms with E-state index < -0.39 is 0 Å². The summed E-state index contributed by atoms with van der Waals surface area (Å²) in [5.41, 5.74) is 11.0. The fraction of sp³-hybridized carbons (Fsp3) is 0.579. The SMILES string of the molecule is CCCCCC1(N)CN[C@@H]2Cc3c[nH]c4cccc(c34)[C@H]2C1. The van der Waals surface area contributed by atoms with E-state index in [0.29, 0.717) is 12.0 Å². The van der Waals surface area contributed by atoms with Gasteiger partial charge in [0.15, 0.2) is 0 Å². The van der Waals surface area contributed by atoms with Crippen LogP contribution in [-0.4, -0.2) is 23.1 Å². The fourth-order valence-electron chi connectivity index (χ4n) is 4.58. The topological polar surface area (TPSA) is 53.8 Å². The van der Waals surface area contributed by atoms with Gasteiger partial charge in [0.1, 0.15) is 0 Å². The second-order valence-electron chi connectivity index (χ2n) is 7.41. The minimum atomic E-state index is -0.0354. The van der Waals surface area contributed by atoms with Gasteiger partial charge in [0.05, 0.1) is 0 Å². The number of nitrogens with one attached hydrogen (secondary N) is 2. The monoisotopic (exact) mass is 297 g/mol. The first-order valence-electron chi connectivity index (χ1n) is 8.81. The molecule has 4 rings (SSSR count). The van der Waals surface area contributed by atoms with Gasteiger partial charge in [-0.1, -0.05) is 38.3 Å². The van der Waals surface area contributed by atoms with Crippen LogP contribution < -0.4 is 11.1 Å². The Balaban J connectivity index is 1.64. The molecule has 0 saturated carbocycles. The normalized spacial score (nSPS) is 30.5. The van der Waals surface area contributed by atoms with Crippen molar-refractivity contribution in [3.63, 3.8) is 0 Å². The van der Waals surface area contributed by atoms with Gasteiger partial charge in [-0.2, -0.15) is 0 Å². The summed E-state index contributed by atoms with van der Waals surface area (Å²) in [7, 11) is 0. The Bertz CT molecular complexity index is 674. The lowest BCUT2D eigenvalue weighted by Crippen LogP contribution is -2.59. The van der Waals surface area contributed by atoms with E-state index in [4.69, 9.17) is 5.73 Å². The highest BCUT2D eigenvalue weighted by atomic mass is 15.0. The van der Waals surface area contributed by atoms with Crippen LogP contribution in [0, 0.1) is 0 Å². The van der Waals surface area contributed by atoms with Gasteiger partial charge < -0.3 is 16.0 Å². The summed E-state index contributed by atoms with van der Waals surface area (Å²) in [6, 6.07) is 7.24. The molecule has 2 aromatic rings. The highest BCUT2D eigenvalue weighted by Crippen LogP contribution is 2.43. The molecule has 3 atom stereocenters. The van der Waals surface area contributed by atoms with Gasteiger partial charge in [-0.3, -0.25) is 0 Å². The Labute approximate surface area is 132 Å². The van der Waals surface area contributed by atoms with Crippen LogP contribution in [0.1, 0.15) is 56.1 Å². The molecule has 4 N–H and O–H groups in total. The zero-order chi connectivity index (χ0) is 15.2. The molecule has 2 aliphatic rings. The lowest BCUT2D eigenvalue weighted by Gasteiger charge is -2.45. The number of piperidine rings is 1. The van der Waals surface area contributed by atoms with Crippen LogP contribution in [0.15, 0.2) is 24.4 Å². The Kier molecular flexibility index (Phi) is 3.50. The molecule has 1 aromatic heterocycles. The Morgan fingerprint density at radius 1 is 1.32 bits per heavy atom. The maximum absolute atomic E-state index is 6.76.